The summed E-state index contributed by atoms with van der Waals surface area (Å²) in [5.41, 5.74) is 6.31. The van der Waals surface area contributed by atoms with E-state index in [0.29, 0.717) is 23.7 Å². The van der Waals surface area contributed by atoms with Crippen LogP contribution in [0.5, 0.6) is 0 Å². The van der Waals surface area contributed by atoms with Gasteiger partial charge in [0.2, 0.25) is 5.91 Å². The van der Waals surface area contributed by atoms with Gasteiger partial charge in [0, 0.05) is 17.8 Å². The number of amides is 1. The molecule has 0 spiro atoms. The summed E-state index contributed by atoms with van der Waals surface area (Å²) in [4.78, 5) is 11.9. The van der Waals surface area contributed by atoms with Crippen molar-refractivity contribution in [3.05, 3.63) is 24.0 Å². The number of nitrogens with two attached hydrogens (primary N) is 1. The van der Waals surface area contributed by atoms with Gasteiger partial charge in [-0.05, 0) is 37.0 Å². The molecule has 4 heteroatoms. The van der Waals surface area contributed by atoms with E-state index in [4.69, 9.17) is 5.73 Å². The Balaban J connectivity index is 1.89. The SMILES string of the molecule is Nc1cc(F)cc(NC(=O)CC2CCCCCC2)c1. The highest BCUT2D eigenvalue weighted by Crippen LogP contribution is 2.26. The normalized spacial score (nSPS) is 16.9. The summed E-state index contributed by atoms with van der Waals surface area (Å²) in [6, 6.07) is 4.11. The van der Waals surface area contributed by atoms with Gasteiger partial charge in [-0.15, -0.1) is 0 Å². The number of hydrogen-bond donors (Lipinski definition) is 2. The molecule has 1 aliphatic carbocycles. The van der Waals surface area contributed by atoms with Crippen LogP contribution in [0.4, 0.5) is 15.8 Å². The van der Waals surface area contributed by atoms with Crippen LogP contribution in [-0.4, -0.2) is 5.91 Å². The topological polar surface area (TPSA) is 55.1 Å². The first-order valence-electron chi connectivity index (χ1n) is 6.99. The average molecular weight is 264 g/mol. The molecule has 3 N–H and O–H groups in total. The van der Waals surface area contributed by atoms with Crippen molar-refractivity contribution >= 4 is 17.3 Å². The first kappa shape index (κ1) is 13.8. The van der Waals surface area contributed by atoms with Gasteiger partial charge in [-0.3, -0.25) is 4.79 Å². The second kappa shape index (κ2) is 6.55. The van der Waals surface area contributed by atoms with E-state index in [1.165, 1.54) is 37.8 Å². The van der Waals surface area contributed by atoms with E-state index in [1.54, 1.807) is 6.07 Å². The number of nitrogens with one attached hydrogen (secondary N) is 1. The van der Waals surface area contributed by atoms with Crippen molar-refractivity contribution in [2.45, 2.75) is 44.9 Å². The van der Waals surface area contributed by atoms with Gasteiger partial charge in [0.1, 0.15) is 5.82 Å². The van der Waals surface area contributed by atoms with Gasteiger partial charge in [0.25, 0.3) is 0 Å². The number of benzene rings is 1. The quantitative estimate of drug-likeness (QED) is 0.646. The Hall–Kier alpha value is -1.58. The van der Waals surface area contributed by atoms with E-state index >= 15 is 0 Å². The molecule has 0 aromatic heterocycles. The van der Waals surface area contributed by atoms with Crippen LogP contribution >= 0.6 is 0 Å². The summed E-state index contributed by atoms with van der Waals surface area (Å²) in [6.45, 7) is 0. The Morgan fingerprint density at radius 3 is 2.53 bits per heavy atom. The Kier molecular flexibility index (Phi) is 4.77. The Bertz CT molecular complexity index is 420. The zero-order valence-corrected chi connectivity index (χ0v) is 11.1. The van der Waals surface area contributed by atoms with Crippen LogP contribution in [-0.2, 0) is 4.79 Å². The molecule has 3 nitrogen and oxygen atoms in total. The van der Waals surface area contributed by atoms with Gasteiger partial charge in [0.05, 0.1) is 0 Å². The molecule has 0 radical (unpaired) electrons. The molecule has 19 heavy (non-hydrogen) atoms. The minimum absolute atomic E-state index is 0.0445. The Morgan fingerprint density at radius 1 is 1.21 bits per heavy atom. The third-order valence-electron chi connectivity index (χ3n) is 3.65. The minimum Gasteiger partial charge on any atom is -0.399 e. The maximum atomic E-state index is 13.2. The predicted molar refractivity (Wildman–Crippen MR) is 75.3 cm³/mol. The summed E-state index contributed by atoms with van der Waals surface area (Å²) in [5.74, 6) is -0.00456. The molecule has 1 saturated carbocycles. The molecule has 0 atom stereocenters. The summed E-state index contributed by atoms with van der Waals surface area (Å²) in [5, 5.41) is 2.73. The number of anilines is 2. The van der Waals surface area contributed by atoms with Crippen LogP contribution < -0.4 is 11.1 Å². The van der Waals surface area contributed by atoms with Gasteiger partial charge in [-0.2, -0.15) is 0 Å². The average Bonchev–Trinajstić information content (AvgIpc) is 2.55. The first-order chi connectivity index (χ1) is 9.13. The van der Waals surface area contributed by atoms with Gasteiger partial charge in [-0.1, -0.05) is 25.7 Å². The molecule has 0 bridgehead atoms. The third kappa shape index (κ3) is 4.54. The lowest BCUT2D eigenvalue weighted by Gasteiger charge is -2.13. The van der Waals surface area contributed by atoms with E-state index in [2.05, 4.69) is 5.32 Å². The van der Waals surface area contributed by atoms with Crippen molar-refractivity contribution in [1.29, 1.82) is 0 Å². The fourth-order valence-corrected chi connectivity index (χ4v) is 2.73. The monoisotopic (exact) mass is 264 g/mol. The van der Waals surface area contributed by atoms with Crippen LogP contribution in [0.25, 0.3) is 0 Å². The lowest BCUT2D eigenvalue weighted by Crippen LogP contribution is -2.16. The number of hydrogen-bond acceptors (Lipinski definition) is 2. The van der Waals surface area contributed by atoms with E-state index < -0.39 is 5.82 Å². The summed E-state index contributed by atoms with van der Waals surface area (Å²) < 4.78 is 13.2. The van der Waals surface area contributed by atoms with Crippen LogP contribution in [0.3, 0.4) is 0 Å². The highest BCUT2D eigenvalue weighted by molar-refractivity contribution is 5.91. The van der Waals surface area contributed by atoms with E-state index in [9.17, 15) is 9.18 Å². The van der Waals surface area contributed by atoms with Crippen molar-refractivity contribution in [2.24, 2.45) is 5.92 Å². The molecule has 1 aromatic carbocycles. The van der Waals surface area contributed by atoms with Crippen LogP contribution in [0, 0.1) is 11.7 Å². The van der Waals surface area contributed by atoms with Crippen molar-refractivity contribution in [1.82, 2.24) is 0 Å². The Labute approximate surface area is 113 Å². The first-order valence-corrected chi connectivity index (χ1v) is 6.99. The molecule has 104 valence electrons. The molecule has 0 aliphatic heterocycles. The van der Waals surface area contributed by atoms with Gasteiger partial charge < -0.3 is 11.1 Å². The summed E-state index contributed by atoms with van der Waals surface area (Å²) in [7, 11) is 0. The highest BCUT2D eigenvalue weighted by atomic mass is 19.1. The third-order valence-corrected chi connectivity index (χ3v) is 3.65. The van der Waals surface area contributed by atoms with E-state index in [0.717, 1.165) is 12.8 Å². The second-order valence-electron chi connectivity index (χ2n) is 5.38. The fraction of sp³-hybridized carbons (Fsp3) is 0.533. The zero-order valence-electron chi connectivity index (χ0n) is 11.1. The standard InChI is InChI=1S/C15H21FN2O/c16-12-8-13(17)10-14(9-12)18-15(19)7-11-5-3-1-2-4-6-11/h8-11H,1-7,17H2,(H,18,19). The summed E-state index contributed by atoms with van der Waals surface area (Å²) in [6.07, 6.45) is 7.75. The smallest absolute Gasteiger partial charge is 0.224 e. The van der Waals surface area contributed by atoms with Crippen molar-refractivity contribution in [3.8, 4) is 0 Å². The van der Waals surface area contributed by atoms with Crippen molar-refractivity contribution in [3.63, 3.8) is 0 Å². The van der Waals surface area contributed by atoms with E-state index in [1.807, 2.05) is 0 Å². The van der Waals surface area contributed by atoms with Crippen molar-refractivity contribution < 1.29 is 9.18 Å². The van der Waals surface area contributed by atoms with Gasteiger partial charge >= 0.3 is 0 Å². The molecule has 1 amide bonds. The number of carbonyl (C=O) groups is 1. The van der Waals surface area contributed by atoms with Gasteiger partial charge in [-0.25, -0.2) is 4.39 Å². The maximum Gasteiger partial charge on any atom is 0.224 e. The fourth-order valence-electron chi connectivity index (χ4n) is 2.73. The van der Waals surface area contributed by atoms with Crippen LogP contribution in [0.2, 0.25) is 0 Å². The molecule has 1 fully saturated rings. The van der Waals surface area contributed by atoms with Crippen LogP contribution in [0.15, 0.2) is 18.2 Å². The lowest BCUT2D eigenvalue weighted by atomic mass is 9.96. The number of carbonyl (C=O) groups excluding carboxylic acids is 1. The number of nitrogen functional groups attached to an aromatic ring is 1. The van der Waals surface area contributed by atoms with Gasteiger partial charge in [0.15, 0.2) is 0 Å². The lowest BCUT2D eigenvalue weighted by molar-refractivity contribution is -0.117. The molecule has 0 heterocycles. The van der Waals surface area contributed by atoms with E-state index in [-0.39, 0.29) is 5.91 Å². The zero-order chi connectivity index (χ0) is 13.7. The largest absolute Gasteiger partial charge is 0.399 e. The minimum atomic E-state index is -0.426. The Morgan fingerprint density at radius 2 is 1.89 bits per heavy atom. The molecule has 0 unspecified atom stereocenters. The van der Waals surface area contributed by atoms with Crippen LogP contribution in [0.1, 0.15) is 44.9 Å². The van der Waals surface area contributed by atoms with Crippen molar-refractivity contribution in [2.75, 3.05) is 11.1 Å². The maximum absolute atomic E-state index is 13.2. The number of rotatable bonds is 3. The molecule has 2 rings (SSSR count). The molecule has 1 aromatic rings. The summed E-state index contributed by atoms with van der Waals surface area (Å²) >= 11 is 0. The molecular weight excluding hydrogens is 243 g/mol. The molecule has 1 aliphatic rings. The number of halogens is 1. The predicted octanol–water partition coefficient (Wildman–Crippen LogP) is 3.71. The molecule has 0 saturated heterocycles. The highest BCUT2D eigenvalue weighted by Gasteiger charge is 2.16. The molecular formula is C15H21FN2O. The second-order valence-corrected chi connectivity index (χ2v) is 5.38.